The van der Waals surface area contributed by atoms with Gasteiger partial charge in [-0.05, 0) is 32.4 Å². The molecule has 3 nitrogen and oxygen atoms in total. The first kappa shape index (κ1) is 48.1. The fourth-order valence-corrected chi connectivity index (χ4v) is 7.14. The van der Waals surface area contributed by atoms with Crippen LogP contribution in [0.5, 0.6) is 0 Å². The summed E-state index contributed by atoms with van der Waals surface area (Å²) in [5.74, 6) is -0.877. The van der Waals surface area contributed by atoms with Crippen molar-refractivity contribution in [2.75, 3.05) is 13.1 Å². The van der Waals surface area contributed by atoms with Gasteiger partial charge in [-0.1, -0.05) is 220 Å². The maximum atomic E-state index is 11.5. The predicted molar refractivity (Wildman–Crippen MR) is 199 cm³/mol. The van der Waals surface area contributed by atoms with E-state index < -0.39 is 5.97 Å². The molecule has 0 amide bonds. The van der Waals surface area contributed by atoms with E-state index in [1.807, 2.05) is 0 Å². The number of hydrogen-bond acceptors (Lipinski definition) is 3. The van der Waals surface area contributed by atoms with Crippen molar-refractivity contribution in [3.05, 3.63) is 0 Å². The molecule has 0 radical (unpaired) electrons. The molecule has 0 heterocycles. The average Bonchev–Trinajstić information content (AvgIpc) is 3.03. The maximum Gasteiger partial charge on any atom is 1.00 e. The molecule has 0 aliphatic rings. The van der Waals surface area contributed by atoms with Crippen LogP contribution in [0.1, 0.15) is 245 Å². The number of carbonyl (C=O) groups excluding carboxylic acids is 1. The van der Waals surface area contributed by atoms with E-state index in [1.165, 1.54) is 205 Å². The van der Waals surface area contributed by atoms with Crippen LogP contribution in [0.15, 0.2) is 0 Å². The van der Waals surface area contributed by atoms with Gasteiger partial charge in [0.15, 0.2) is 0 Å². The molecule has 0 rings (SSSR count). The van der Waals surface area contributed by atoms with Crippen LogP contribution in [0.2, 0.25) is 0 Å². The third-order valence-electron chi connectivity index (χ3n) is 10.1. The molecule has 46 heavy (non-hydrogen) atoms. The van der Waals surface area contributed by atoms with Crippen molar-refractivity contribution in [3.8, 4) is 0 Å². The predicted octanol–water partition coefficient (Wildman–Crippen LogP) is 10.1. The average molecular weight is 642 g/mol. The first-order valence-electron chi connectivity index (χ1n) is 21.1. The first-order chi connectivity index (χ1) is 22.2. The van der Waals surface area contributed by atoms with Gasteiger partial charge in [0.1, 0.15) is 0 Å². The molecule has 0 aromatic rings. The Kier molecular flexibility index (Phi) is 43.1. The number of hydrogen-bond donors (Lipinski definition) is 0. The smallest absolute Gasteiger partial charge is 0.550 e. The third kappa shape index (κ3) is 36.9. The monoisotopic (exact) mass is 642 g/mol. The van der Waals surface area contributed by atoms with Crippen LogP contribution in [-0.4, -0.2) is 30.0 Å². The van der Waals surface area contributed by atoms with Crippen LogP contribution in [0.25, 0.3) is 0 Å². The Bertz CT molecular complexity index is 536. The van der Waals surface area contributed by atoms with E-state index in [4.69, 9.17) is 0 Å². The van der Waals surface area contributed by atoms with Crippen molar-refractivity contribution < 1.29 is 28.8 Å². The van der Waals surface area contributed by atoms with Crippen LogP contribution in [0, 0.1) is 0 Å². The van der Waals surface area contributed by atoms with Crippen molar-refractivity contribution in [1.82, 2.24) is 4.90 Å². The van der Waals surface area contributed by atoms with E-state index in [0.29, 0.717) is 0 Å². The van der Waals surface area contributed by atoms with Crippen LogP contribution in [0.4, 0.5) is 0 Å². The van der Waals surface area contributed by atoms with Gasteiger partial charge in [-0.25, -0.2) is 0 Å². The molecular formula is C42H84LiNO2. The van der Waals surface area contributed by atoms with Crippen molar-refractivity contribution in [2.45, 2.75) is 252 Å². The van der Waals surface area contributed by atoms with Crippen LogP contribution in [-0.2, 0) is 4.79 Å². The molecule has 0 aliphatic carbocycles. The summed E-state index contributed by atoms with van der Waals surface area (Å²) in [5, 5.41) is 11.5. The summed E-state index contributed by atoms with van der Waals surface area (Å²) in [4.78, 5) is 14.0. The van der Waals surface area contributed by atoms with Gasteiger partial charge in [0.2, 0.25) is 0 Å². The molecule has 4 heteroatoms. The molecule has 0 aromatic heterocycles. The number of carboxylic acid groups (broad SMARTS) is 1. The largest absolute Gasteiger partial charge is 1.00 e. The molecule has 0 spiro atoms. The SMILES string of the molecule is CCCCCCCCCCCCCCCCCCN(CCCCCCCCCCCCCCCCCC)C(CCC)CC(=O)[O-].[Li+]. The number of rotatable bonds is 39. The zero-order valence-corrected chi connectivity index (χ0v) is 32.5. The Labute approximate surface area is 303 Å². The molecule has 0 aliphatic heterocycles. The maximum absolute atomic E-state index is 11.5. The third-order valence-corrected chi connectivity index (χ3v) is 10.1. The van der Waals surface area contributed by atoms with Crippen molar-refractivity contribution in [2.24, 2.45) is 0 Å². The van der Waals surface area contributed by atoms with E-state index in [2.05, 4.69) is 25.7 Å². The number of carbonyl (C=O) groups is 1. The summed E-state index contributed by atoms with van der Waals surface area (Å²) in [5.41, 5.74) is 0. The number of nitrogens with zero attached hydrogens (tertiary/aromatic N) is 1. The zero-order valence-electron chi connectivity index (χ0n) is 32.5. The summed E-state index contributed by atoms with van der Waals surface area (Å²) >= 11 is 0. The second kappa shape index (κ2) is 41.2. The van der Waals surface area contributed by atoms with E-state index in [0.717, 1.165) is 25.9 Å². The summed E-state index contributed by atoms with van der Waals surface area (Å²) in [6, 6.07) is 0.160. The van der Waals surface area contributed by atoms with Crippen LogP contribution < -0.4 is 24.0 Å². The molecule has 0 N–H and O–H groups in total. The molecule has 1 atom stereocenters. The van der Waals surface area contributed by atoms with Gasteiger partial charge in [-0.2, -0.15) is 0 Å². The van der Waals surface area contributed by atoms with Gasteiger partial charge in [0, 0.05) is 18.4 Å². The molecule has 0 aromatic carbocycles. The second-order valence-corrected chi connectivity index (χ2v) is 14.7. The van der Waals surface area contributed by atoms with E-state index in [-0.39, 0.29) is 31.3 Å². The van der Waals surface area contributed by atoms with Crippen molar-refractivity contribution in [3.63, 3.8) is 0 Å². The van der Waals surface area contributed by atoms with Gasteiger partial charge >= 0.3 is 18.9 Å². The van der Waals surface area contributed by atoms with Gasteiger partial charge in [0.05, 0.1) is 0 Å². The minimum atomic E-state index is -0.877. The summed E-state index contributed by atoms with van der Waals surface area (Å²) in [6.45, 7) is 8.90. The molecule has 0 saturated heterocycles. The number of unbranched alkanes of at least 4 members (excludes halogenated alkanes) is 30. The van der Waals surface area contributed by atoms with E-state index >= 15 is 0 Å². The standard InChI is InChI=1S/C42H85NO2.Li/c1-4-7-9-11-13-15-17-19-21-23-25-27-29-31-33-35-38-43(41(37-6-3)40-42(44)45)39-36-34-32-30-28-26-24-22-20-18-16-14-12-10-8-5-2;/h41H,4-40H2,1-3H3,(H,44,45);/q;+1/p-1. The number of carboxylic acids is 1. The van der Waals surface area contributed by atoms with E-state index in [1.54, 1.807) is 0 Å². The van der Waals surface area contributed by atoms with Crippen molar-refractivity contribution in [1.29, 1.82) is 0 Å². The molecule has 0 saturated carbocycles. The van der Waals surface area contributed by atoms with Gasteiger partial charge < -0.3 is 14.8 Å². The van der Waals surface area contributed by atoms with Crippen LogP contribution >= 0.6 is 0 Å². The summed E-state index contributed by atoms with van der Waals surface area (Å²) in [7, 11) is 0. The van der Waals surface area contributed by atoms with Gasteiger partial charge in [-0.3, -0.25) is 0 Å². The molecule has 270 valence electrons. The Hall–Kier alpha value is 0.0274. The Morgan fingerprint density at radius 2 is 0.652 bits per heavy atom. The Morgan fingerprint density at radius 3 is 0.870 bits per heavy atom. The van der Waals surface area contributed by atoms with E-state index in [9.17, 15) is 9.90 Å². The quantitative estimate of drug-likeness (QED) is 0.0496. The van der Waals surface area contributed by atoms with Crippen molar-refractivity contribution >= 4 is 5.97 Å². The molecule has 0 fully saturated rings. The Morgan fingerprint density at radius 1 is 0.413 bits per heavy atom. The summed E-state index contributed by atoms with van der Waals surface area (Å²) in [6.07, 6.45) is 46.8. The topological polar surface area (TPSA) is 43.4 Å². The second-order valence-electron chi connectivity index (χ2n) is 14.7. The molecule has 1 unspecified atom stereocenters. The number of aliphatic carboxylic acids is 1. The minimum Gasteiger partial charge on any atom is -0.550 e. The Balaban J connectivity index is 0. The fraction of sp³-hybridized carbons (Fsp3) is 0.976. The van der Waals surface area contributed by atoms with Gasteiger partial charge in [-0.15, -0.1) is 0 Å². The van der Waals surface area contributed by atoms with Crippen LogP contribution in [0.3, 0.4) is 0 Å². The first-order valence-corrected chi connectivity index (χ1v) is 21.1. The fourth-order valence-electron chi connectivity index (χ4n) is 7.14. The zero-order chi connectivity index (χ0) is 32.9. The molecular weight excluding hydrogens is 557 g/mol. The molecule has 0 bridgehead atoms. The normalized spacial score (nSPS) is 12.1. The minimum absolute atomic E-state index is 0. The van der Waals surface area contributed by atoms with Gasteiger partial charge in [0.25, 0.3) is 0 Å². The summed E-state index contributed by atoms with van der Waals surface area (Å²) < 4.78 is 0.